The van der Waals surface area contributed by atoms with Gasteiger partial charge in [0.15, 0.2) is 0 Å². The molecule has 2 rings (SSSR count). The van der Waals surface area contributed by atoms with E-state index in [1.165, 1.54) is 5.19 Å². The van der Waals surface area contributed by atoms with Gasteiger partial charge < -0.3 is 0 Å². The minimum atomic E-state index is -1.67. The third kappa shape index (κ3) is 2.15. The summed E-state index contributed by atoms with van der Waals surface area (Å²) in [6.45, 7) is 2.32. The smallest absolute Gasteiger partial charge is 0.105 e. The molecule has 16 heavy (non-hydrogen) atoms. The monoisotopic (exact) mass is 292 g/mol. The second-order valence-electron chi connectivity index (χ2n) is 4.68. The van der Waals surface area contributed by atoms with Crippen LogP contribution in [-0.4, -0.2) is 23.8 Å². The van der Waals surface area contributed by atoms with Gasteiger partial charge in [-0.05, 0) is 6.42 Å². The van der Waals surface area contributed by atoms with E-state index in [1.807, 2.05) is 6.07 Å². The Morgan fingerprint density at radius 1 is 1.12 bits per heavy atom. The molecule has 0 amide bonds. The zero-order chi connectivity index (χ0) is 11.8. The SMILES string of the molecule is C[Si]1(c2ccccc2)CCC(Cl)C(Cl)C1Cl. The first-order valence-corrected chi connectivity index (χ1v) is 9.63. The molecular formula is C12H15Cl3Si. The fourth-order valence-corrected chi connectivity index (χ4v) is 8.55. The van der Waals surface area contributed by atoms with Gasteiger partial charge in [-0.3, -0.25) is 0 Å². The Morgan fingerprint density at radius 2 is 1.75 bits per heavy atom. The highest BCUT2D eigenvalue weighted by molar-refractivity contribution is 6.97. The van der Waals surface area contributed by atoms with Crippen LogP contribution in [0.1, 0.15) is 6.42 Å². The molecule has 4 unspecified atom stereocenters. The van der Waals surface area contributed by atoms with E-state index >= 15 is 0 Å². The highest BCUT2D eigenvalue weighted by Crippen LogP contribution is 2.37. The van der Waals surface area contributed by atoms with Crippen molar-refractivity contribution in [2.45, 2.75) is 34.8 Å². The molecule has 88 valence electrons. The van der Waals surface area contributed by atoms with Gasteiger partial charge in [-0.1, -0.05) is 48.1 Å². The molecule has 0 nitrogen and oxygen atoms in total. The summed E-state index contributed by atoms with van der Waals surface area (Å²) >= 11 is 19.1. The van der Waals surface area contributed by atoms with E-state index in [0.29, 0.717) is 0 Å². The first-order chi connectivity index (χ1) is 7.55. The summed E-state index contributed by atoms with van der Waals surface area (Å²) in [4.78, 5) is 0. The molecule has 1 aliphatic heterocycles. The maximum Gasteiger partial charge on any atom is 0.105 e. The molecule has 1 heterocycles. The van der Waals surface area contributed by atoms with Crippen LogP contribution in [-0.2, 0) is 0 Å². The van der Waals surface area contributed by atoms with E-state index in [9.17, 15) is 0 Å². The second kappa shape index (κ2) is 4.89. The van der Waals surface area contributed by atoms with E-state index < -0.39 is 8.07 Å². The maximum absolute atomic E-state index is 6.55. The Morgan fingerprint density at radius 3 is 2.38 bits per heavy atom. The maximum atomic E-state index is 6.55. The second-order valence-corrected chi connectivity index (χ2v) is 11.1. The van der Waals surface area contributed by atoms with Gasteiger partial charge in [0, 0.05) is 5.00 Å². The Hall–Kier alpha value is 0.307. The molecule has 1 aromatic rings. The van der Waals surface area contributed by atoms with E-state index in [1.54, 1.807) is 0 Å². The summed E-state index contributed by atoms with van der Waals surface area (Å²) < 4.78 is 0. The first kappa shape index (κ1) is 12.8. The lowest BCUT2D eigenvalue weighted by atomic mass is 10.2. The summed E-state index contributed by atoms with van der Waals surface area (Å²) in [5.41, 5.74) is 0. The molecule has 0 spiro atoms. The number of alkyl halides is 3. The highest BCUT2D eigenvalue weighted by atomic mass is 35.5. The van der Waals surface area contributed by atoms with Crippen molar-refractivity contribution >= 4 is 48.1 Å². The minimum Gasteiger partial charge on any atom is -0.124 e. The third-order valence-electron chi connectivity index (χ3n) is 3.61. The Bertz CT molecular complexity index is 357. The van der Waals surface area contributed by atoms with Crippen LogP contribution in [0.25, 0.3) is 0 Å². The minimum absolute atomic E-state index is 0.0211. The van der Waals surface area contributed by atoms with E-state index in [0.717, 1.165) is 12.5 Å². The number of rotatable bonds is 1. The Balaban J connectivity index is 2.32. The highest BCUT2D eigenvalue weighted by Gasteiger charge is 2.47. The van der Waals surface area contributed by atoms with Gasteiger partial charge in [-0.25, -0.2) is 0 Å². The summed E-state index contributed by atoms with van der Waals surface area (Å²) in [5, 5.41) is 1.33. The van der Waals surface area contributed by atoms with Crippen molar-refractivity contribution in [2.24, 2.45) is 0 Å². The van der Waals surface area contributed by atoms with Crippen LogP contribution >= 0.6 is 34.8 Å². The first-order valence-electron chi connectivity index (χ1n) is 5.53. The predicted octanol–water partition coefficient (Wildman–Crippen LogP) is 3.74. The lowest BCUT2D eigenvalue weighted by molar-refractivity contribution is 0.716. The van der Waals surface area contributed by atoms with Gasteiger partial charge in [0.25, 0.3) is 0 Å². The van der Waals surface area contributed by atoms with Crippen LogP contribution in [0.15, 0.2) is 30.3 Å². The van der Waals surface area contributed by atoms with Crippen molar-refractivity contribution in [3.8, 4) is 0 Å². The Labute approximate surface area is 113 Å². The molecular weight excluding hydrogens is 279 g/mol. The third-order valence-corrected chi connectivity index (χ3v) is 11.4. The summed E-state index contributed by atoms with van der Waals surface area (Å²) in [6, 6.07) is 11.7. The molecule has 0 aromatic heterocycles. The summed E-state index contributed by atoms with van der Waals surface area (Å²) in [5.74, 6) is 0. The molecule has 1 aromatic carbocycles. The van der Waals surface area contributed by atoms with Crippen molar-refractivity contribution in [1.29, 1.82) is 0 Å². The molecule has 0 radical (unpaired) electrons. The van der Waals surface area contributed by atoms with E-state index in [-0.39, 0.29) is 15.8 Å². The van der Waals surface area contributed by atoms with Gasteiger partial charge >= 0.3 is 0 Å². The van der Waals surface area contributed by atoms with Crippen LogP contribution in [0.4, 0.5) is 0 Å². The molecule has 0 bridgehead atoms. The van der Waals surface area contributed by atoms with Crippen LogP contribution < -0.4 is 5.19 Å². The van der Waals surface area contributed by atoms with Crippen molar-refractivity contribution in [2.75, 3.05) is 0 Å². The summed E-state index contributed by atoms with van der Waals surface area (Å²) in [7, 11) is -1.67. The molecule has 0 N–H and O–H groups in total. The van der Waals surface area contributed by atoms with Gasteiger partial charge in [0.1, 0.15) is 8.07 Å². The number of hydrogen-bond donors (Lipinski definition) is 0. The average molecular weight is 294 g/mol. The van der Waals surface area contributed by atoms with Gasteiger partial charge in [-0.15, -0.1) is 34.8 Å². The van der Waals surface area contributed by atoms with Gasteiger partial charge in [0.2, 0.25) is 0 Å². The fraction of sp³-hybridized carbons (Fsp3) is 0.500. The topological polar surface area (TPSA) is 0 Å². The molecule has 1 aliphatic rings. The largest absolute Gasteiger partial charge is 0.124 e. The summed E-state index contributed by atoms with van der Waals surface area (Å²) in [6.07, 6.45) is 0.983. The van der Waals surface area contributed by atoms with Crippen LogP contribution in [0.5, 0.6) is 0 Å². The zero-order valence-electron chi connectivity index (χ0n) is 9.17. The molecule has 1 fully saturated rings. The molecule has 4 atom stereocenters. The van der Waals surface area contributed by atoms with Crippen molar-refractivity contribution in [1.82, 2.24) is 0 Å². The normalized spacial score (nSPS) is 39.6. The average Bonchev–Trinajstić information content (AvgIpc) is 2.33. The van der Waals surface area contributed by atoms with Gasteiger partial charge in [0.05, 0.1) is 10.8 Å². The Kier molecular flexibility index (Phi) is 3.90. The lowest BCUT2D eigenvalue weighted by Crippen LogP contribution is -2.60. The fourth-order valence-electron chi connectivity index (χ4n) is 2.39. The van der Waals surface area contributed by atoms with Crippen LogP contribution in [0, 0.1) is 0 Å². The molecule has 1 saturated heterocycles. The standard InChI is InChI=1S/C12H15Cl3Si/c1-16(9-5-3-2-4-6-9)8-7-10(13)11(14)12(16)15/h2-6,10-12H,7-8H2,1H3. The molecule has 0 aliphatic carbocycles. The molecule has 0 saturated carbocycles. The van der Waals surface area contributed by atoms with Crippen LogP contribution in [0.3, 0.4) is 0 Å². The number of halogens is 3. The molecule has 4 heteroatoms. The van der Waals surface area contributed by atoms with Crippen molar-refractivity contribution in [3.05, 3.63) is 30.3 Å². The number of hydrogen-bond acceptors (Lipinski definition) is 0. The van der Waals surface area contributed by atoms with Crippen LogP contribution in [0.2, 0.25) is 12.6 Å². The predicted molar refractivity (Wildman–Crippen MR) is 76.0 cm³/mol. The quantitative estimate of drug-likeness (QED) is 0.547. The number of benzene rings is 1. The zero-order valence-corrected chi connectivity index (χ0v) is 12.4. The van der Waals surface area contributed by atoms with Gasteiger partial charge in [-0.2, -0.15) is 0 Å². The van der Waals surface area contributed by atoms with Crippen molar-refractivity contribution in [3.63, 3.8) is 0 Å². The van der Waals surface area contributed by atoms with E-state index in [4.69, 9.17) is 34.8 Å². The van der Waals surface area contributed by atoms with E-state index in [2.05, 4.69) is 30.8 Å². The van der Waals surface area contributed by atoms with Crippen molar-refractivity contribution < 1.29 is 0 Å². The lowest BCUT2D eigenvalue weighted by Gasteiger charge is -2.41.